The van der Waals surface area contributed by atoms with E-state index in [9.17, 15) is 21.6 Å². The van der Waals surface area contributed by atoms with Gasteiger partial charge in [0.05, 0.1) is 12.4 Å². The third-order valence-corrected chi connectivity index (χ3v) is 8.15. The largest absolute Gasteiger partial charge is 0.492 e. The summed E-state index contributed by atoms with van der Waals surface area (Å²) in [4.78, 5) is 12.2. The number of unbranched alkanes of at least 4 members (excludes halogenated alkanes) is 2. The summed E-state index contributed by atoms with van der Waals surface area (Å²) in [5, 5.41) is 2.50. The monoisotopic (exact) mass is 446 g/mol. The smallest absolute Gasteiger partial charge is 0.246 e. The molecule has 0 aromatic heterocycles. The van der Waals surface area contributed by atoms with Crippen molar-refractivity contribution in [1.29, 1.82) is 0 Å². The van der Waals surface area contributed by atoms with Crippen LogP contribution in [0, 0.1) is 0 Å². The standard InChI is InChI=1S/C19H30N2O6S2/c1-3-5-8-13-28(23,24)15-19(22)20-16-9-10-17(27-4-2)18(14-16)29(25,26)21-11-6-7-12-21/h9-10,14H,3-8,11-13,15H2,1-2H3,(H,20,22). The molecule has 0 unspecified atom stereocenters. The van der Waals surface area contributed by atoms with Gasteiger partial charge in [0.25, 0.3) is 0 Å². The van der Waals surface area contributed by atoms with Gasteiger partial charge in [0.2, 0.25) is 15.9 Å². The summed E-state index contributed by atoms with van der Waals surface area (Å²) in [7, 11) is -7.27. The number of carbonyl (C=O) groups excluding carboxylic acids is 1. The average molecular weight is 447 g/mol. The summed E-state index contributed by atoms with van der Waals surface area (Å²) in [6.07, 6.45) is 3.80. The van der Waals surface area contributed by atoms with E-state index in [1.165, 1.54) is 22.5 Å². The van der Waals surface area contributed by atoms with E-state index in [0.717, 1.165) is 25.7 Å². The van der Waals surface area contributed by atoms with Gasteiger partial charge in [-0.25, -0.2) is 16.8 Å². The molecule has 10 heteroatoms. The van der Waals surface area contributed by atoms with Gasteiger partial charge in [0.1, 0.15) is 16.4 Å². The van der Waals surface area contributed by atoms with Crippen LogP contribution in [0.5, 0.6) is 5.75 Å². The van der Waals surface area contributed by atoms with Gasteiger partial charge in [-0.2, -0.15) is 4.31 Å². The zero-order chi connectivity index (χ0) is 21.5. The normalized spacial score (nSPS) is 15.4. The Labute approximate surface area is 173 Å². The summed E-state index contributed by atoms with van der Waals surface area (Å²) in [6.45, 7) is 4.91. The van der Waals surface area contributed by atoms with E-state index in [1.54, 1.807) is 6.92 Å². The lowest BCUT2D eigenvalue weighted by Crippen LogP contribution is -2.28. The second-order valence-electron chi connectivity index (χ2n) is 7.05. The van der Waals surface area contributed by atoms with Crippen LogP contribution in [0.4, 0.5) is 5.69 Å². The van der Waals surface area contributed by atoms with Gasteiger partial charge in [-0.15, -0.1) is 0 Å². The first-order valence-electron chi connectivity index (χ1n) is 9.97. The second-order valence-corrected chi connectivity index (χ2v) is 11.1. The van der Waals surface area contributed by atoms with E-state index in [-0.39, 0.29) is 22.1 Å². The minimum atomic E-state index is -3.76. The van der Waals surface area contributed by atoms with E-state index in [1.807, 2.05) is 6.92 Å². The molecule has 1 heterocycles. The number of nitrogens with zero attached hydrogens (tertiary/aromatic N) is 1. The number of hydrogen-bond donors (Lipinski definition) is 1. The van der Waals surface area contributed by atoms with Crippen LogP contribution in [0.15, 0.2) is 23.1 Å². The molecule has 1 aliphatic heterocycles. The number of carbonyl (C=O) groups is 1. The third kappa shape index (κ3) is 6.68. The number of sulfone groups is 1. The molecule has 1 fully saturated rings. The van der Waals surface area contributed by atoms with Crippen LogP contribution in [0.25, 0.3) is 0 Å². The summed E-state index contributed by atoms with van der Waals surface area (Å²) >= 11 is 0. The molecule has 1 N–H and O–H groups in total. The molecule has 2 rings (SSSR count). The Morgan fingerprint density at radius 3 is 2.41 bits per heavy atom. The molecule has 0 bridgehead atoms. The molecule has 1 saturated heterocycles. The minimum Gasteiger partial charge on any atom is -0.492 e. The van der Waals surface area contributed by atoms with Gasteiger partial charge in [-0.1, -0.05) is 19.8 Å². The molecule has 1 amide bonds. The molecule has 1 aromatic carbocycles. The van der Waals surface area contributed by atoms with E-state index in [2.05, 4.69) is 5.32 Å². The Morgan fingerprint density at radius 2 is 1.79 bits per heavy atom. The van der Waals surface area contributed by atoms with Crippen molar-refractivity contribution in [2.24, 2.45) is 0 Å². The average Bonchev–Trinajstić information content (AvgIpc) is 3.18. The van der Waals surface area contributed by atoms with Crippen molar-refractivity contribution in [3.8, 4) is 5.75 Å². The summed E-state index contributed by atoms with van der Waals surface area (Å²) in [5.74, 6) is -1.13. The molecule has 0 saturated carbocycles. The molecule has 0 aliphatic carbocycles. The maximum atomic E-state index is 13.0. The highest BCUT2D eigenvalue weighted by Crippen LogP contribution is 2.31. The van der Waals surface area contributed by atoms with Crippen LogP contribution in [-0.4, -0.2) is 58.3 Å². The fourth-order valence-electron chi connectivity index (χ4n) is 3.17. The molecule has 0 atom stereocenters. The van der Waals surface area contributed by atoms with Crippen LogP contribution in [-0.2, 0) is 24.7 Å². The molecule has 0 radical (unpaired) electrons. The van der Waals surface area contributed by atoms with Crippen LogP contribution in [0.3, 0.4) is 0 Å². The van der Waals surface area contributed by atoms with Gasteiger partial charge >= 0.3 is 0 Å². The van der Waals surface area contributed by atoms with Crippen molar-refractivity contribution in [1.82, 2.24) is 4.31 Å². The summed E-state index contributed by atoms with van der Waals surface area (Å²) in [5.41, 5.74) is 0.222. The second kappa shape index (κ2) is 10.4. The van der Waals surface area contributed by atoms with Gasteiger partial charge < -0.3 is 10.1 Å². The van der Waals surface area contributed by atoms with Crippen molar-refractivity contribution in [3.63, 3.8) is 0 Å². The number of benzene rings is 1. The Morgan fingerprint density at radius 1 is 1.10 bits per heavy atom. The lowest BCUT2D eigenvalue weighted by molar-refractivity contribution is -0.113. The van der Waals surface area contributed by atoms with E-state index in [4.69, 9.17) is 4.74 Å². The number of ether oxygens (including phenoxy) is 1. The summed E-state index contributed by atoms with van der Waals surface area (Å²) < 4.78 is 56.9. The first-order valence-corrected chi connectivity index (χ1v) is 13.2. The highest BCUT2D eigenvalue weighted by molar-refractivity contribution is 7.92. The van der Waals surface area contributed by atoms with E-state index < -0.39 is 31.5 Å². The van der Waals surface area contributed by atoms with Gasteiger partial charge in [-0.3, -0.25) is 4.79 Å². The molecule has 29 heavy (non-hydrogen) atoms. The van der Waals surface area contributed by atoms with Crippen molar-refractivity contribution in [3.05, 3.63) is 18.2 Å². The number of hydrogen-bond acceptors (Lipinski definition) is 6. The first-order chi connectivity index (χ1) is 13.7. The molecule has 1 aromatic rings. The SMILES string of the molecule is CCCCCS(=O)(=O)CC(=O)Nc1ccc(OCC)c(S(=O)(=O)N2CCCC2)c1. The molecule has 0 spiro atoms. The van der Waals surface area contributed by atoms with Crippen molar-refractivity contribution in [2.75, 3.05) is 36.5 Å². The van der Waals surface area contributed by atoms with Crippen LogP contribution in [0.2, 0.25) is 0 Å². The van der Waals surface area contributed by atoms with Crippen LogP contribution in [0.1, 0.15) is 46.0 Å². The van der Waals surface area contributed by atoms with E-state index in [0.29, 0.717) is 26.1 Å². The van der Waals surface area contributed by atoms with Gasteiger partial charge in [0.15, 0.2) is 9.84 Å². The van der Waals surface area contributed by atoms with Crippen molar-refractivity contribution < 1.29 is 26.4 Å². The maximum Gasteiger partial charge on any atom is 0.246 e. The number of nitrogens with one attached hydrogen (secondary N) is 1. The zero-order valence-corrected chi connectivity index (χ0v) is 18.6. The van der Waals surface area contributed by atoms with Gasteiger partial charge in [-0.05, 0) is 44.4 Å². The Balaban J connectivity index is 2.18. The first kappa shape index (κ1) is 23.6. The predicted molar refractivity (Wildman–Crippen MR) is 112 cm³/mol. The fourth-order valence-corrected chi connectivity index (χ4v) is 6.10. The van der Waals surface area contributed by atoms with Gasteiger partial charge in [0, 0.05) is 18.8 Å². The number of amides is 1. The topological polar surface area (TPSA) is 110 Å². The highest BCUT2D eigenvalue weighted by Gasteiger charge is 2.30. The number of anilines is 1. The van der Waals surface area contributed by atoms with E-state index >= 15 is 0 Å². The Kier molecular flexibility index (Phi) is 8.47. The third-order valence-electron chi connectivity index (χ3n) is 4.62. The lowest BCUT2D eigenvalue weighted by Gasteiger charge is -2.19. The van der Waals surface area contributed by atoms with Crippen LogP contribution < -0.4 is 10.1 Å². The summed E-state index contributed by atoms with van der Waals surface area (Å²) in [6, 6.07) is 4.33. The van der Waals surface area contributed by atoms with Crippen LogP contribution >= 0.6 is 0 Å². The van der Waals surface area contributed by atoms with Crippen molar-refractivity contribution >= 4 is 31.5 Å². The molecular formula is C19H30N2O6S2. The Bertz CT molecular complexity index is 907. The Hall–Kier alpha value is -1.65. The molecule has 1 aliphatic rings. The molecule has 8 nitrogen and oxygen atoms in total. The fraction of sp³-hybridized carbons (Fsp3) is 0.632. The maximum absolute atomic E-state index is 13.0. The molecule has 164 valence electrons. The highest BCUT2D eigenvalue weighted by atomic mass is 32.2. The van der Waals surface area contributed by atoms with Crippen molar-refractivity contribution in [2.45, 2.75) is 50.8 Å². The number of rotatable bonds is 11. The quantitative estimate of drug-likeness (QED) is 0.523. The zero-order valence-electron chi connectivity index (χ0n) is 17.0. The molecular weight excluding hydrogens is 416 g/mol. The lowest BCUT2D eigenvalue weighted by atomic mass is 10.3. The minimum absolute atomic E-state index is 0.0233. The predicted octanol–water partition coefficient (Wildman–Crippen LogP) is 2.41. The number of sulfonamides is 1.